The average Bonchev–Trinajstić information content (AvgIpc) is 3.99. The average molecular weight is 905 g/mol. The fourth-order valence-corrected chi connectivity index (χ4v) is 11.0. The fraction of sp³-hybridized carbons (Fsp3) is 0. The summed E-state index contributed by atoms with van der Waals surface area (Å²) >= 11 is 0. The van der Waals surface area contributed by atoms with Gasteiger partial charge in [0.15, 0.2) is 0 Å². The molecule has 0 saturated carbocycles. The van der Waals surface area contributed by atoms with Crippen LogP contribution in [-0.2, 0) is 0 Å². The molecular formula is C68H44N2O. The van der Waals surface area contributed by atoms with Gasteiger partial charge in [0.05, 0.1) is 16.7 Å². The molecule has 0 aliphatic rings. The number of nitrogens with zero attached hydrogens (tertiary/aromatic N) is 2. The predicted octanol–water partition coefficient (Wildman–Crippen LogP) is 19.1. The molecule has 0 spiro atoms. The molecule has 0 atom stereocenters. The molecule has 14 rings (SSSR count). The Hall–Kier alpha value is -9.44. The molecule has 3 nitrogen and oxygen atoms in total. The van der Waals surface area contributed by atoms with Crippen molar-refractivity contribution >= 4 is 82.4 Å². The third-order valence-electron chi connectivity index (χ3n) is 14.3. The van der Waals surface area contributed by atoms with E-state index in [1.54, 1.807) is 0 Å². The van der Waals surface area contributed by atoms with Gasteiger partial charge >= 0.3 is 0 Å². The number of fused-ring (bicyclic) bond motifs is 8. The summed E-state index contributed by atoms with van der Waals surface area (Å²) in [6.07, 6.45) is 0. The van der Waals surface area contributed by atoms with Gasteiger partial charge in [-0.1, -0.05) is 182 Å². The maximum Gasteiger partial charge on any atom is 0.143 e. The summed E-state index contributed by atoms with van der Waals surface area (Å²) < 4.78 is 9.13. The first-order valence-electron chi connectivity index (χ1n) is 24.3. The molecule has 14 aromatic rings. The fourth-order valence-electron chi connectivity index (χ4n) is 11.0. The van der Waals surface area contributed by atoms with Crippen molar-refractivity contribution in [2.75, 3.05) is 4.90 Å². The molecule has 0 bridgehead atoms. The van der Waals surface area contributed by atoms with Gasteiger partial charge in [-0.05, 0) is 140 Å². The van der Waals surface area contributed by atoms with Crippen molar-refractivity contribution in [1.82, 2.24) is 4.57 Å². The van der Waals surface area contributed by atoms with Gasteiger partial charge in [0.1, 0.15) is 11.2 Å². The zero-order chi connectivity index (χ0) is 46.8. The summed E-state index contributed by atoms with van der Waals surface area (Å²) in [5, 5.41) is 9.42. The maximum atomic E-state index is 6.73. The molecule has 0 unspecified atom stereocenters. The highest BCUT2D eigenvalue weighted by Crippen LogP contribution is 2.46. The molecule has 2 aromatic heterocycles. The van der Waals surface area contributed by atoms with Crippen LogP contribution in [0.15, 0.2) is 271 Å². The number of rotatable bonds is 8. The van der Waals surface area contributed by atoms with Gasteiger partial charge in [-0.25, -0.2) is 0 Å². The minimum Gasteiger partial charge on any atom is -0.455 e. The van der Waals surface area contributed by atoms with Crippen LogP contribution in [-0.4, -0.2) is 4.57 Å². The molecule has 0 radical (unpaired) electrons. The first-order chi connectivity index (χ1) is 35.2. The zero-order valence-electron chi connectivity index (χ0n) is 38.7. The van der Waals surface area contributed by atoms with E-state index in [4.69, 9.17) is 4.42 Å². The van der Waals surface area contributed by atoms with Crippen molar-refractivity contribution in [3.63, 3.8) is 0 Å². The van der Waals surface area contributed by atoms with E-state index in [0.717, 1.165) is 78.1 Å². The smallest absolute Gasteiger partial charge is 0.143 e. The summed E-state index contributed by atoms with van der Waals surface area (Å²) in [6.45, 7) is 0. The number of hydrogen-bond donors (Lipinski definition) is 0. The molecule has 0 N–H and O–H groups in total. The van der Waals surface area contributed by atoms with Gasteiger partial charge in [0.2, 0.25) is 0 Å². The van der Waals surface area contributed by atoms with Crippen LogP contribution in [0.4, 0.5) is 17.1 Å². The molecule has 12 aromatic carbocycles. The van der Waals surface area contributed by atoms with Crippen LogP contribution in [0.5, 0.6) is 0 Å². The summed E-state index contributed by atoms with van der Waals surface area (Å²) in [4.78, 5) is 2.39. The summed E-state index contributed by atoms with van der Waals surface area (Å²) in [5.74, 6) is 0. The molecule has 332 valence electrons. The van der Waals surface area contributed by atoms with E-state index in [2.05, 4.69) is 270 Å². The van der Waals surface area contributed by atoms with Gasteiger partial charge in [0, 0.05) is 49.6 Å². The van der Waals surface area contributed by atoms with Crippen molar-refractivity contribution < 1.29 is 4.42 Å². The predicted molar refractivity (Wildman–Crippen MR) is 299 cm³/mol. The Labute approximate surface area is 411 Å². The van der Waals surface area contributed by atoms with Crippen LogP contribution in [0.25, 0.3) is 115 Å². The second-order valence-electron chi connectivity index (χ2n) is 18.5. The maximum absolute atomic E-state index is 6.73. The number of para-hydroxylation sites is 4. The second-order valence-corrected chi connectivity index (χ2v) is 18.5. The third kappa shape index (κ3) is 6.89. The molecule has 0 aliphatic heterocycles. The lowest BCUT2D eigenvalue weighted by atomic mass is 9.90. The molecule has 3 heteroatoms. The normalized spacial score (nSPS) is 11.7. The Morgan fingerprint density at radius 3 is 1.75 bits per heavy atom. The van der Waals surface area contributed by atoms with E-state index in [-0.39, 0.29) is 0 Å². The summed E-state index contributed by atoms with van der Waals surface area (Å²) in [5.41, 5.74) is 17.7. The Balaban J connectivity index is 0.965. The van der Waals surface area contributed by atoms with Crippen molar-refractivity contribution in [1.29, 1.82) is 0 Å². The number of furan rings is 1. The molecular weight excluding hydrogens is 861 g/mol. The molecule has 0 saturated heterocycles. The van der Waals surface area contributed by atoms with Crippen LogP contribution in [0, 0.1) is 0 Å². The van der Waals surface area contributed by atoms with Crippen LogP contribution < -0.4 is 4.90 Å². The lowest BCUT2D eigenvalue weighted by Crippen LogP contribution is -2.10. The Morgan fingerprint density at radius 1 is 0.296 bits per heavy atom. The van der Waals surface area contributed by atoms with E-state index >= 15 is 0 Å². The molecule has 0 amide bonds. The molecule has 71 heavy (non-hydrogen) atoms. The van der Waals surface area contributed by atoms with Crippen LogP contribution >= 0.6 is 0 Å². The Bertz CT molecular complexity index is 4340. The first kappa shape index (κ1) is 40.6. The Kier molecular flexibility index (Phi) is 9.53. The lowest BCUT2D eigenvalue weighted by Gasteiger charge is -2.28. The lowest BCUT2D eigenvalue weighted by molar-refractivity contribution is 0.670. The van der Waals surface area contributed by atoms with Gasteiger partial charge in [-0.2, -0.15) is 0 Å². The van der Waals surface area contributed by atoms with E-state index in [1.807, 2.05) is 6.07 Å². The number of aromatic nitrogens is 1. The highest BCUT2D eigenvalue weighted by Gasteiger charge is 2.21. The van der Waals surface area contributed by atoms with E-state index in [0.29, 0.717) is 0 Å². The second kappa shape index (κ2) is 16.7. The summed E-state index contributed by atoms with van der Waals surface area (Å²) in [7, 11) is 0. The monoisotopic (exact) mass is 904 g/mol. The van der Waals surface area contributed by atoms with Crippen LogP contribution in [0.3, 0.4) is 0 Å². The summed E-state index contributed by atoms with van der Waals surface area (Å²) in [6, 6.07) is 96.8. The largest absolute Gasteiger partial charge is 0.455 e. The number of anilines is 3. The number of benzene rings is 12. The zero-order valence-corrected chi connectivity index (χ0v) is 38.7. The number of hydrogen-bond acceptors (Lipinski definition) is 2. The minimum atomic E-state index is 0.888. The molecule has 0 fully saturated rings. The van der Waals surface area contributed by atoms with Gasteiger partial charge in [0.25, 0.3) is 0 Å². The standard InChI is InChI=1S/C68H44N2O/c1-3-16-45(17-4-1)47-30-34-54(35-31-47)70-64-28-13-11-24-60(64)63-44-49(33-38-66(63)70)50-40-51(42-52(41-50)57-26-15-27-62-61-25-12-14-29-67(61)71-68(57)62)56-37-39-65(59-23-10-9-22-58(56)59)69(53-20-5-2-6-21-53)55-36-32-46-18-7-8-19-48(46)43-55/h1-44H. The third-order valence-corrected chi connectivity index (χ3v) is 14.3. The quantitative estimate of drug-likeness (QED) is 0.151. The minimum absolute atomic E-state index is 0.888. The molecule has 2 heterocycles. The van der Waals surface area contributed by atoms with Gasteiger partial charge < -0.3 is 13.9 Å². The van der Waals surface area contributed by atoms with Crippen molar-refractivity contribution in [2.24, 2.45) is 0 Å². The van der Waals surface area contributed by atoms with Crippen LogP contribution in [0.1, 0.15) is 0 Å². The van der Waals surface area contributed by atoms with Gasteiger partial charge in [-0.3, -0.25) is 0 Å². The van der Waals surface area contributed by atoms with Crippen molar-refractivity contribution in [3.8, 4) is 50.2 Å². The molecule has 0 aliphatic carbocycles. The van der Waals surface area contributed by atoms with Gasteiger partial charge in [-0.15, -0.1) is 0 Å². The first-order valence-corrected chi connectivity index (χ1v) is 24.3. The van der Waals surface area contributed by atoms with Crippen molar-refractivity contribution in [3.05, 3.63) is 267 Å². The van der Waals surface area contributed by atoms with E-state index in [9.17, 15) is 0 Å². The highest BCUT2D eigenvalue weighted by atomic mass is 16.3. The topological polar surface area (TPSA) is 21.3 Å². The van der Waals surface area contributed by atoms with E-state index in [1.165, 1.54) is 54.5 Å². The van der Waals surface area contributed by atoms with Crippen LogP contribution in [0.2, 0.25) is 0 Å². The SMILES string of the molecule is c1ccc(-c2ccc(-n3c4ccccc4c4cc(-c5cc(-c6ccc(N(c7ccccc7)c7ccc8ccccc8c7)c7ccccc67)cc(-c6cccc7c6oc6ccccc67)c5)ccc43)cc2)cc1. The van der Waals surface area contributed by atoms with Crippen molar-refractivity contribution in [2.45, 2.75) is 0 Å². The highest BCUT2D eigenvalue weighted by molar-refractivity contribution is 6.13. The van der Waals surface area contributed by atoms with E-state index < -0.39 is 0 Å². The Morgan fingerprint density at radius 2 is 0.915 bits per heavy atom.